The molecule has 4 nitrogen and oxygen atoms in total. The second kappa shape index (κ2) is 6.54. The standard InChI is InChI=1S/C20H24N2O2/c23-19(16-8-9-16)14-21-10-12-22(13-11-21)20(24)18-7-3-5-15-4-1-2-6-17(15)18/h1-7,16,19,23H,8-14H2/t19-/m0/s1. The number of hydrogen-bond donors (Lipinski definition) is 1. The highest BCUT2D eigenvalue weighted by molar-refractivity contribution is 6.07. The van der Waals surface area contributed by atoms with E-state index in [1.54, 1.807) is 0 Å². The van der Waals surface area contributed by atoms with Gasteiger partial charge in [0.25, 0.3) is 5.91 Å². The van der Waals surface area contributed by atoms with Crippen molar-refractivity contribution in [1.29, 1.82) is 0 Å². The van der Waals surface area contributed by atoms with E-state index in [2.05, 4.69) is 4.90 Å². The van der Waals surface area contributed by atoms with Crippen molar-refractivity contribution in [3.05, 3.63) is 48.0 Å². The summed E-state index contributed by atoms with van der Waals surface area (Å²) in [7, 11) is 0. The van der Waals surface area contributed by atoms with Crippen LogP contribution >= 0.6 is 0 Å². The topological polar surface area (TPSA) is 43.8 Å². The second-order valence-corrected chi connectivity index (χ2v) is 7.02. The summed E-state index contributed by atoms with van der Waals surface area (Å²) >= 11 is 0. The second-order valence-electron chi connectivity index (χ2n) is 7.02. The summed E-state index contributed by atoms with van der Waals surface area (Å²) in [5.41, 5.74) is 0.791. The Balaban J connectivity index is 1.42. The van der Waals surface area contributed by atoms with Gasteiger partial charge in [-0.1, -0.05) is 36.4 Å². The first-order valence-electron chi connectivity index (χ1n) is 8.90. The minimum atomic E-state index is -0.190. The molecule has 2 aliphatic rings. The van der Waals surface area contributed by atoms with Gasteiger partial charge in [0, 0.05) is 38.3 Å². The lowest BCUT2D eigenvalue weighted by atomic mass is 10.0. The van der Waals surface area contributed by atoms with Crippen molar-refractivity contribution in [2.24, 2.45) is 5.92 Å². The molecule has 1 amide bonds. The molecule has 1 atom stereocenters. The fourth-order valence-corrected chi connectivity index (χ4v) is 3.61. The zero-order valence-corrected chi connectivity index (χ0v) is 13.9. The quantitative estimate of drug-likeness (QED) is 0.939. The molecular weight excluding hydrogens is 300 g/mol. The molecule has 1 saturated carbocycles. The van der Waals surface area contributed by atoms with Gasteiger partial charge in [0.1, 0.15) is 0 Å². The number of fused-ring (bicyclic) bond motifs is 1. The third-order valence-corrected chi connectivity index (χ3v) is 5.29. The normalized spacial score (nSPS) is 20.3. The van der Waals surface area contributed by atoms with E-state index in [-0.39, 0.29) is 12.0 Å². The Hall–Kier alpha value is -1.91. The van der Waals surface area contributed by atoms with Crippen molar-refractivity contribution in [2.45, 2.75) is 18.9 Å². The average Bonchev–Trinajstić information content (AvgIpc) is 3.46. The predicted molar refractivity (Wildman–Crippen MR) is 95.0 cm³/mol. The summed E-state index contributed by atoms with van der Waals surface area (Å²) in [6, 6.07) is 14.0. The Morgan fingerprint density at radius 2 is 1.75 bits per heavy atom. The molecular formula is C20H24N2O2. The summed E-state index contributed by atoms with van der Waals surface area (Å²) in [6.07, 6.45) is 2.15. The van der Waals surface area contributed by atoms with Crippen LogP contribution in [-0.2, 0) is 0 Å². The minimum Gasteiger partial charge on any atom is -0.392 e. The summed E-state index contributed by atoms with van der Waals surface area (Å²) in [4.78, 5) is 17.2. The molecule has 2 aromatic carbocycles. The zero-order valence-electron chi connectivity index (χ0n) is 13.9. The fourth-order valence-electron chi connectivity index (χ4n) is 3.61. The van der Waals surface area contributed by atoms with Gasteiger partial charge < -0.3 is 10.0 Å². The SMILES string of the molecule is O=C(c1cccc2ccccc12)N1CCN(C[C@H](O)C2CC2)CC1. The molecule has 1 heterocycles. The number of piperazine rings is 1. The number of rotatable bonds is 4. The van der Waals surface area contributed by atoms with Crippen LogP contribution in [0.15, 0.2) is 42.5 Å². The van der Waals surface area contributed by atoms with Crippen molar-refractivity contribution >= 4 is 16.7 Å². The molecule has 4 heteroatoms. The Kier molecular flexibility index (Phi) is 4.25. The maximum absolute atomic E-state index is 12.9. The molecule has 2 aromatic rings. The molecule has 24 heavy (non-hydrogen) atoms. The predicted octanol–water partition coefficient (Wildman–Crippen LogP) is 2.37. The lowest BCUT2D eigenvalue weighted by Crippen LogP contribution is -2.50. The number of aliphatic hydroxyl groups excluding tert-OH is 1. The van der Waals surface area contributed by atoms with Crippen LogP contribution in [0.1, 0.15) is 23.2 Å². The fraction of sp³-hybridized carbons (Fsp3) is 0.450. The Morgan fingerprint density at radius 3 is 2.50 bits per heavy atom. The third-order valence-electron chi connectivity index (χ3n) is 5.29. The Labute approximate surface area is 142 Å². The number of aliphatic hydroxyl groups is 1. The largest absolute Gasteiger partial charge is 0.392 e. The molecule has 0 bridgehead atoms. The molecule has 2 fully saturated rings. The van der Waals surface area contributed by atoms with Crippen LogP contribution in [-0.4, -0.2) is 59.6 Å². The summed E-state index contributed by atoms with van der Waals surface area (Å²) in [5, 5.41) is 12.2. The summed E-state index contributed by atoms with van der Waals surface area (Å²) in [5.74, 6) is 0.634. The molecule has 1 aliphatic carbocycles. The van der Waals surface area contributed by atoms with E-state index >= 15 is 0 Å². The van der Waals surface area contributed by atoms with Gasteiger partial charge in [-0.25, -0.2) is 0 Å². The van der Waals surface area contributed by atoms with Crippen LogP contribution in [0.25, 0.3) is 10.8 Å². The molecule has 1 N–H and O–H groups in total. The van der Waals surface area contributed by atoms with Crippen molar-refractivity contribution in [3.63, 3.8) is 0 Å². The molecule has 1 saturated heterocycles. The van der Waals surface area contributed by atoms with Crippen molar-refractivity contribution in [3.8, 4) is 0 Å². The molecule has 0 unspecified atom stereocenters. The van der Waals surface area contributed by atoms with Gasteiger partial charge in [0.2, 0.25) is 0 Å². The highest BCUT2D eigenvalue weighted by Crippen LogP contribution is 2.33. The first kappa shape index (κ1) is 15.6. The maximum atomic E-state index is 12.9. The van der Waals surface area contributed by atoms with Gasteiger partial charge in [-0.2, -0.15) is 0 Å². The van der Waals surface area contributed by atoms with Crippen LogP contribution in [0.3, 0.4) is 0 Å². The van der Waals surface area contributed by atoms with Crippen LogP contribution < -0.4 is 0 Å². The van der Waals surface area contributed by atoms with E-state index in [4.69, 9.17) is 0 Å². The number of hydrogen-bond acceptors (Lipinski definition) is 3. The van der Waals surface area contributed by atoms with E-state index in [0.717, 1.165) is 49.1 Å². The number of amides is 1. The van der Waals surface area contributed by atoms with Crippen molar-refractivity contribution < 1.29 is 9.90 Å². The lowest BCUT2D eigenvalue weighted by molar-refractivity contribution is 0.0490. The van der Waals surface area contributed by atoms with E-state index in [0.29, 0.717) is 5.92 Å². The molecule has 0 aromatic heterocycles. The number of carbonyl (C=O) groups is 1. The van der Waals surface area contributed by atoms with Gasteiger partial charge in [0.15, 0.2) is 0 Å². The molecule has 1 aliphatic heterocycles. The van der Waals surface area contributed by atoms with Gasteiger partial charge in [0.05, 0.1) is 6.10 Å². The lowest BCUT2D eigenvalue weighted by Gasteiger charge is -2.35. The number of nitrogens with zero attached hydrogens (tertiary/aromatic N) is 2. The number of carbonyl (C=O) groups excluding carboxylic acids is 1. The van der Waals surface area contributed by atoms with Crippen LogP contribution in [0.5, 0.6) is 0 Å². The summed E-state index contributed by atoms with van der Waals surface area (Å²) < 4.78 is 0. The van der Waals surface area contributed by atoms with E-state index < -0.39 is 0 Å². The highest BCUT2D eigenvalue weighted by Gasteiger charge is 2.32. The van der Waals surface area contributed by atoms with E-state index in [1.165, 1.54) is 12.8 Å². The first-order valence-corrected chi connectivity index (χ1v) is 8.90. The molecule has 0 spiro atoms. The Morgan fingerprint density at radius 1 is 1.04 bits per heavy atom. The smallest absolute Gasteiger partial charge is 0.254 e. The monoisotopic (exact) mass is 324 g/mol. The zero-order chi connectivity index (χ0) is 16.5. The van der Waals surface area contributed by atoms with Gasteiger partial charge in [-0.05, 0) is 35.6 Å². The molecule has 126 valence electrons. The summed E-state index contributed by atoms with van der Waals surface area (Å²) in [6.45, 7) is 3.92. The van der Waals surface area contributed by atoms with Gasteiger partial charge in [-0.15, -0.1) is 0 Å². The van der Waals surface area contributed by atoms with E-state index in [1.807, 2.05) is 47.4 Å². The molecule has 4 rings (SSSR count). The van der Waals surface area contributed by atoms with Gasteiger partial charge in [-0.3, -0.25) is 9.69 Å². The van der Waals surface area contributed by atoms with Crippen LogP contribution in [0, 0.1) is 5.92 Å². The van der Waals surface area contributed by atoms with E-state index in [9.17, 15) is 9.90 Å². The highest BCUT2D eigenvalue weighted by atomic mass is 16.3. The first-order chi connectivity index (χ1) is 11.7. The third kappa shape index (κ3) is 3.17. The average molecular weight is 324 g/mol. The maximum Gasteiger partial charge on any atom is 0.254 e. The van der Waals surface area contributed by atoms with Crippen LogP contribution in [0.2, 0.25) is 0 Å². The molecule has 0 radical (unpaired) electrons. The van der Waals surface area contributed by atoms with Crippen molar-refractivity contribution in [2.75, 3.05) is 32.7 Å². The number of β-amino-alcohol motifs (C(OH)–C–C–N with tert-alkyl or cyclic N) is 1. The minimum absolute atomic E-state index is 0.120. The number of benzene rings is 2. The van der Waals surface area contributed by atoms with Crippen LogP contribution in [0.4, 0.5) is 0 Å². The van der Waals surface area contributed by atoms with Gasteiger partial charge >= 0.3 is 0 Å². The Bertz CT molecular complexity index is 728. The van der Waals surface area contributed by atoms with Crippen molar-refractivity contribution in [1.82, 2.24) is 9.80 Å².